The van der Waals surface area contributed by atoms with Crippen molar-refractivity contribution in [2.75, 3.05) is 0 Å². The minimum Gasteiger partial charge on any atom is -0.545 e. The number of carbonyl (C=O) groups is 1. The highest BCUT2D eigenvalue weighted by molar-refractivity contribution is 7.99. The molecule has 3 aromatic rings. The molecule has 0 amide bonds. The van der Waals surface area contributed by atoms with Crippen LogP contribution in [0.1, 0.15) is 10.4 Å². The van der Waals surface area contributed by atoms with Crippen molar-refractivity contribution in [1.82, 2.24) is 14.6 Å². The quantitative estimate of drug-likeness (QED) is 0.524. The van der Waals surface area contributed by atoms with Crippen molar-refractivity contribution < 1.29 is 14.8 Å². The van der Waals surface area contributed by atoms with Crippen molar-refractivity contribution in [2.24, 2.45) is 0 Å². The van der Waals surface area contributed by atoms with Crippen molar-refractivity contribution in [3.8, 4) is 0 Å². The van der Waals surface area contributed by atoms with Crippen LogP contribution in [0.15, 0.2) is 52.6 Å². The lowest BCUT2D eigenvalue weighted by molar-refractivity contribution is -0.387. The maximum atomic E-state index is 11.1. The minimum atomic E-state index is -1.47. The predicted octanol–water partition coefficient (Wildman–Crippen LogP) is 1.15. The highest BCUT2D eigenvalue weighted by Crippen LogP contribution is 2.34. The van der Waals surface area contributed by atoms with Crippen LogP contribution in [0.3, 0.4) is 0 Å². The summed E-state index contributed by atoms with van der Waals surface area (Å²) in [7, 11) is 0. The number of benzene rings is 1. The van der Waals surface area contributed by atoms with Crippen molar-refractivity contribution in [3.05, 3.63) is 58.3 Å². The van der Waals surface area contributed by atoms with Gasteiger partial charge in [0.05, 0.1) is 15.8 Å². The molecule has 0 saturated heterocycles. The van der Waals surface area contributed by atoms with Crippen LogP contribution >= 0.6 is 11.8 Å². The molecular weight excluding hydrogens is 308 g/mol. The van der Waals surface area contributed by atoms with Gasteiger partial charge in [0.2, 0.25) is 5.16 Å². The van der Waals surface area contributed by atoms with Gasteiger partial charge in [-0.1, -0.05) is 12.1 Å². The Bertz CT molecular complexity index is 893. The van der Waals surface area contributed by atoms with Crippen molar-refractivity contribution in [1.29, 1.82) is 0 Å². The first-order valence-corrected chi connectivity index (χ1v) is 6.85. The Hall–Kier alpha value is -2.94. The molecular formula is C13H7N4O4S-. The summed E-state index contributed by atoms with van der Waals surface area (Å²) in [5.41, 5.74) is 0.0422. The third-order valence-electron chi connectivity index (χ3n) is 2.88. The molecule has 0 atom stereocenters. The van der Waals surface area contributed by atoms with E-state index in [-0.39, 0.29) is 16.1 Å². The Kier molecular flexibility index (Phi) is 3.47. The molecule has 0 aliphatic heterocycles. The summed E-state index contributed by atoms with van der Waals surface area (Å²) < 4.78 is 1.68. The minimum absolute atomic E-state index is 0.248. The zero-order valence-electron chi connectivity index (χ0n) is 10.9. The molecule has 0 aliphatic rings. The predicted molar refractivity (Wildman–Crippen MR) is 74.5 cm³/mol. The largest absolute Gasteiger partial charge is 0.545 e. The number of nitro groups is 1. The van der Waals surface area contributed by atoms with E-state index in [0.717, 1.165) is 17.8 Å². The fraction of sp³-hybridized carbons (Fsp3) is 0. The Morgan fingerprint density at radius 2 is 2.05 bits per heavy atom. The monoisotopic (exact) mass is 315 g/mol. The summed E-state index contributed by atoms with van der Waals surface area (Å²) in [6.07, 6.45) is 1.74. The van der Waals surface area contributed by atoms with Crippen molar-refractivity contribution in [3.63, 3.8) is 0 Å². The van der Waals surface area contributed by atoms with Gasteiger partial charge in [-0.25, -0.2) is 0 Å². The molecule has 3 rings (SSSR count). The Morgan fingerprint density at radius 1 is 1.23 bits per heavy atom. The van der Waals surface area contributed by atoms with Crippen molar-refractivity contribution >= 4 is 29.1 Å². The van der Waals surface area contributed by atoms with Gasteiger partial charge in [-0.2, -0.15) is 0 Å². The number of rotatable bonds is 4. The molecule has 2 heterocycles. The first-order chi connectivity index (χ1) is 10.6. The lowest BCUT2D eigenvalue weighted by atomic mass is 10.2. The average molecular weight is 315 g/mol. The van der Waals surface area contributed by atoms with Crippen LogP contribution in [-0.2, 0) is 0 Å². The third kappa shape index (κ3) is 2.49. The summed E-state index contributed by atoms with van der Waals surface area (Å²) >= 11 is 1.03. The number of fused-ring (bicyclic) bond motifs is 1. The molecule has 110 valence electrons. The number of hydrogen-bond donors (Lipinski definition) is 0. The first kappa shape index (κ1) is 14.0. The van der Waals surface area contributed by atoms with Crippen LogP contribution in [0.4, 0.5) is 5.69 Å². The molecule has 0 N–H and O–H groups in total. The topological polar surface area (TPSA) is 113 Å². The zero-order valence-corrected chi connectivity index (χ0v) is 11.7. The second-order valence-corrected chi connectivity index (χ2v) is 5.25. The summed E-state index contributed by atoms with van der Waals surface area (Å²) in [4.78, 5) is 21.6. The lowest BCUT2D eigenvalue weighted by Gasteiger charge is -2.05. The smallest absolute Gasteiger partial charge is 0.284 e. The summed E-state index contributed by atoms with van der Waals surface area (Å²) in [6.45, 7) is 0. The Labute approximate surface area is 127 Å². The van der Waals surface area contributed by atoms with Gasteiger partial charge in [0.1, 0.15) is 0 Å². The maximum absolute atomic E-state index is 11.1. The molecule has 0 unspecified atom stereocenters. The second kappa shape index (κ2) is 5.45. The van der Waals surface area contributed by atoms with E-state index in [1.165, 1.54) is 12.1 Å². The van der Waals surface area contributed by atoms with E-state index < -0.39 is 10.9 Å². The average Bonchev–Trinajstić information content (AvgIpc) is 2.90. The number of aromatic carboxylic acids is 1. The number of aromatic nitrogens is 3. The number of nitro benzene ring substituents is 1. The highest BCUT2D eigenvalue weighted by atomic mass is 32.2. The van der Waals surface area contributed by atoms with Gasteiger partial charge in [0.25, 0.3) is 5.69 Å². The molecule has 0 fully saturated rings. The van der Waals surface area contributed by atoms with Crippen LogP contribution in [0.5, 0.6) is 0 Å². The van der Waals surface area contributed by atoms with Gasteiger partial charge in [0, 0.05) is 17.8 Å². The van der Waals surface area contributed by atoms with Crippen molar-refractivity contribution in [2.45, 2.75) is 10.1 Å². The first-order valence-electron chi connectivity index (χ1n) is 6.03. The highest BCUT2D eigenvalue weighted by Gasteiger charge is 2.18. The zero-order chi connectivity index (χ0) is 15.7. The number of carbonyl (C=O) groups excluding carboxylic acids is 1. The molecule has 2 aromatic heterocycles. The van der Waals surface area contributed by atoms with Gasteiger partial charge in [-0.15, -0.1) is 10.2 Å². The van der Waals surface area contributed by atoms with E-state index in [4.69, 9.17) is 0 Å². The van der Waals surface area contributed by atoms with Crippen LogP contribution < -0.4 is 5.11 Å². The third-order valence-corrected chi connectivity index (χ3v) is 3.90. The van der Waals surface area contributed by atoms with Gasteiger partial charge in [0.15, 0.2) is 5.65 Å². The van der Waals surface area contributed by atoms with Gasteiger partial charge < -0.3 is 9.90 Å². The molecule has 0 spiro atoms. The Morgan fingerprint density at radius 3 is 2.77 bits per heavy atom. The number of hydrogen-bond acceptors (Lipinski definition) is 7. The number of nitrogens with zero attached hydrogens (tertiary/aromatic N) is 4. The van der Waals surface area contributed by atoms with E-state index in [1.54, 1.807) is 28.8 Å². The van der Waals surface area contributed by atoms with Gasteiger partial charge >= 0.3 is 0 Å². The molecule has 0 radical (unpaired) electrons. The van der Waals surface area contributed by atoms with E-state index >= 15 is 0 Å². The van der Waals surface area contributed by atoms with Gasteiger partial charge in [-0.05, 0) is 30.0 Å². The summed E-state index contributed by atoms with van der Waals surface area (Å²) in [5.74, 6) is -1.47. The Balaban J connectivity index is 2.05. The molecule has 8 nitrogen and oxygen atoms in total. The molecule has 1 aromatic carbocycles. The van der Waals surface area contributed by atoms with E-state index in [0.29, 0.717) is 10.8 Å². The second-order valence-electron chi connectivity index (χ2n) is 4.24. The summed E-state index contributed by atoms with van der Waals surface area (Å²) in [6, 6.07) is 8.93. The number of carboxylic acids is 1. The fourth-order valence-corrected chi connectivity index (χ4v) is 2.77. The molecule has 0 aliphatic carbocycles. The standard InChI is InChI=1S/C13H8N4O4S/c18-12(19)8-4-5-10(9(7-8)17(20)21)22-13-15-14-11-3-1-2-6-16(11)13/h1-7H,(H,18,19)/p-1. The summed E-state index contributed by atoms with van der Waals surface area (Å²) in [5, 5.41) is 30.3. The van der Waals surface area contributed by atoms with E-state index in [9.17, 15) is 20.0 Å². The number of pyridine rings is 1. The fourth-order valence-electron chi connectivity index (χ4n) is 1.86. The van der Waals surface area contributed by atoms with E-state index in [2.05, 4.69) is 10.2 Å². The molecule has 0 saturated carbocycles. The normalized spacial score (nSPS) is 10.7. The van der Waals surface area contributed by atoms with Crippen LogP contribution in [0.25, 0.3) is 5.65 Å². The van der Waals surface area contributed by atoms with Gasteiger partial charge in [-0.3, -0.25) is 14.5 Å². The number of carboxylic acid groups (broad SMARTS) is 1. The molecule has 9 heteroatoms. The molecule has 22 heavy (non-hydrogen) atoms. The van der Waals surface area contributed by atoms with Crippen LogP contribution in [-0.4, -0.2) is 25.5 Å². The van der Waals surface area contributed by atoms with E-state index in [1.807, 2.05) is 0 Å². The maximum Gasteiger partial charge on any atom is 0.284 e. The van der Waals surface area contributed by atoms with Crippen LogP contribution in [0.2, 0.25) is 0 Å². The lowest BCUT2D eigenvalue weighted by Crippen LogP contribution is -2.22. The SMILES string of the molecule is O=C([O-])c1ccc(Sc2nnc3ccccn23)c([N+](=O)[O-])c1. The van der Waals surface area contributed by atoms with Crippen LogP contribution in [0, 0.1) is 10.1 Å². The molecule has 0 bridgehead atoms.